The van der Waals surface area contributed by atoms with Gasteiger partial charge in [-0.2, -0.15) is 0 Å². The van der Waals surface area contributed by atoms with Crippen molar-refractivity contribution in [3.63, 3.8) is 0 Å². The third-order valence-corrected chi connectivity index (χ3v) is 3.03. The second-order valence-electron chi connectivity index (χ2n) is 4.10. The van der Waals surface area contributed by atoms with Gasteiger partial charge in [0.05, 0.1) is 0 Å². The predicted molar refractivity (Wildman–Crippen MR) is 46.9 cm³/mol. The van der Waals surface area contributed by atoms with Crippen molar-refractivity contribution in [2.24, 2.45) is 21.6 Å². The first-order valence-corrected chi connectivity index (χ1v) is 3.74. The fourth-order valence-corrected chi connectivity index (χ4v) is 1.02. The number of amidine groups is 2. The number of hydrogen-bond acceptors (Lipinski definition) is 2. The maximum atomic E-state index is 7.57. The van der Waals surface area contributed by atoms with Crippen molar-refractivity contribution < 1.29 is 0 Å². The van der Waals surface area contributed by atoms with Crippen LogP contribution >= 0.6 is 0 Å². The smallest absolute Gasteiger partial charge is 0.129 e. The van der Waals surface area contributed by atoms with Gasteiger partial charge in [0, 0.05) is 10.8 Å². The maximum Gasteiger partial charge on any atom is 0.129 e. The highest BCUT2D eigenvalue weighted by Crippen LogP contribution is 2.43. The van der Waals surface area contributed by atoms with E-state index in [4.69, 9.17) is 11.1 Å². The number of rotatable bonds is 0. The Balaban J connectivity index is 3.17. The lowest BCUT2D eigenvalue weighted by molar-refractivity contribution is 0.295. The molecule has 0 aliphatic carbocycles. The minimum Gasteiger partial charge on any atom is -0.387 e. The van der Waals surface area contributed by atoms with Crippen LogP contribution in [0.3, 0.4) is 0 Å². The van der Waals surface area contributed by atoms with Crippen LogP contribution in [0.15, 0.2) is 4.99 Å². The van der Waals surface area contributed by atoms with Crippen molar-refractivity contribution in [2.45, 2.75) is 27.7 Å². The molecule has 0 bridgehead atoms. The van der Waals surface area contributed by atoms with Crippen molar-refractivity contribution in [1.82, 2.24) is 0 Å². The molecule has 0 aromatic heterocycles. The number of nitrogens with one attached hydrogen (secondary N) is 1. The Morgan fingerprint density at radius 2 is 1.64 bits per heavy atom. The summed E-state index contributed by atoms with van der Waals surface area (Å²) in [6.45, 7) is 8.04. The van der Waals surface area contributed by atoms with Gasteiger partial charge in [0.2, 0.25) is 0 Å². The summed E-state index contributed by atoms with van der Waals surface area (Å²) in [5, 5.41) is 7.57. The molecule has 0 unspecified atom stereocenters. The summed E-state index contributed by atoms with van der Waals surface area (Å²) in [5.41, 5.74) is 5.29. The van der Waals surface area contributed by atoms with Crippen molar-refractivity contribution in [3.8, 4) is 0 Å². The van der Waals surface area contributed by atoms with Gasteiger partial charge < -0.3 is 5.73 Å². The molecule has 1 aliphatic heterocycles. The average Bonchev–Trinajstić information content (AvgIpc) is 1.95. The predicted octanol–water partition coefficient (Wildman–Crippen LogP) is 1.39. The van der Waals surface area contributed by atoms with Gasteiger partial charge >= 0.3 is 0 Å². The number of aliphatic imine (C=N–C) groups is 1. The molecule has 3 N–H and O–H groups in total. The molecular formula is C8H15N3. The fourth-order valence-electron chi connectivity index (χ4n) is 1.02. The molecule has 62 valence electrons. The Hall–Kier alpha value is -0.860. The molecule has 1 rings (SSSR count). The van der Waals surface area contributed by atoms with Crippen LogP contribution in [0.25, 0.3) is 0 Å². The van der Waals surface area contributed by atoms with E-state index in [1.54, 1.807) is 0 Å². The van der Waals surface area contributed by atoms with Crippen LogP contribution in [0.1, 0.15) is 27.7 Å². The normalized spacial score (nSPS) is 26.9. The van der Waals surface area contributed by atoms with Crippen LogP contribution in [-0.2, 0) is 0 Å². The molecule has 0 aromatic rings. The third kappa shape index (κ3) is 0.800. The molecule has 0 saturated carbocycles. The van der Waals surface area contributed by atoms with Gasteiger partial charge in [-0.1, -0.05) is 27.7 Å². The number of hydrogen-bond donors (Lipinski definition) is 2. The van der Waals surface area contributed by atoms with E-state index >= 15 is 0 Å². The highest BCUT2D eigenvalue weighted by atomic mass is 15.0. The summed E-state index contributed by atoms with van der Waals surface area (Å²) in [5.74, 6) is 0.965. The minimum absolute atomic E-state index is 0.177. The molecule has 0 atom stereocenters. The van der Waals surface area contributed by atoms with E-state index in [0.717, 1.165) is 0 Å². The Morgan fingerprint density at radius 1 is 1.18 bits per heavy atom. The van der Waals surface area contributed by atoms with Crippen molar-refractivity contribution in [2.75, 3.05) is 0 Å². The molecule has 0 radical (unpaired) electrons. The number of nitrogens with zero attached hydrogens (tertiary/aromatic N) is 1. The summed E-state index contributed by atoms with van der Waals surface area (Å²) in [6, 6.07) is 0. The summed E-state index contributed by atoms with van der Waals surface area (Å²) in [7, 11) is 0. The first-order chi connectivity index (χ1) is 4.80. The van der Waals surface area contributed by atoms with Crippen LogP contribution in [0, 0.1) is 16.2 Å². The number of nitrogens with two attached hydrogens (primary N) is 1. The van der Waals surface area contributed by atoms with Gasteiger partial charge in [-0.3, -0.25) is 5.41 Å². The van der Waals surface area contributed by atoms with Crippen LogP contribution in [0.5, 0.6) is 0 Å². The molecule has 1 aliphatic rings. The first-order valence-electron chi connectivity index (χ1n) is 3.74. The topological polar surface area (TPSA) is 62.2 Å². The monoisotopic (exact) mass is 153 g/mol. The van der Waals surface area contributed by atoms with Crippen LogP contribution in [-0.4, -0.2) is 11.7 Å². The van der Waals surface area contributed by atoms with E-state index in [-0.39, 0.29) is 10.8 Å². The van der Waals surface area contributed by atoms with E-state index in [1.807, 2.05) is 27.7 Å². The van der Waals surface area contributed by atoms with Crippen LogP contribution in [0.2, 0.25) is 0 Å². The lowest BCUT2D eigenvalue weighted by Crippen LogP contribution is -2.40. The van der Waals surface area contributed by atoms with Gasteiger partial charge in [0.1, 0.15) is 11.7 Å². The van der Waals surface area contributed by atoms with Gasteiger partial charge in [0.25, 0.3) is 0 Å². The first kappa shape index (κ1) is 8.24. The lowest BCUT2D eigenvalue weighted by Gasteiger charge is -2.33. The fraction of sp³-hybridized carbons (Fsp3) is 0.750. The molecule has 0 fully saturated rings. The van der Waals surface area contributed by atoms with E-state index in [9.17, 15) is 0 Å². The van der Waals surface area contributed by atoms with Crippen molar-refractivity contribution >= 4 is 11.7 Å². The second kappa shape index (κ2) is 1.84. The third-order valence-electron chi connectivity index (χ3n) is 3.03. The van der Waals surface area contributed by atoms with Crippen LogP contribution in [0.4, 0.5) is 0 Å². The van der Waals surface area contributed by atoms with E-state index in [1.165, 1.54) is 0 Å². The Labute approximate surface area is 67.2 Å². The average molecular weight is 153 g/mol. The molecule has 0 spiro atoms. The van der Waals surface area contributed by atoms with E-state index in [2.05, 4.69) is 4.99 Å². The quantitative estimate of drug-likeness (QED) is 0.542. The molecule has 0 amide bonds. The SMILES string of the molecule is CC1(C)C(=N)N=C(N)C1(C)C. The van der Waals surface area contributed by atoms with Gasteiger partial charge in [0.15, 0.2) is 0 Å². The van der Waals surface area contributed by atoms with E-state index < -0.39 is 0 Å². The Bertz CT molecular complexity index is 236. The summed E-state index contributed by atoms with van der Waals surface area (Å²) < 4.78 is 0. The largest absolute Gasteiger partial charge is 0.387 e. The highest BCUT2D eigenvalue weighted by Gasteiger charge is 2.48. The molecule has 3 heteroatoms. The zero-order chi connectivity index (χ0) is 8.86. The zero-order valence-corrected chi connectivity index (χ0v) is 7.52. The summed E-state index contributed by atoms with van der Waals surface area (Å²) in [4.78, 5) is 3.97. The molecular weight excluding hydrogens is 138 g/mol. The van der Waals surface area contributed by atoms with Gasteiger partial charge in [-0.15, -0.1) is 0 Å². The van der Waals surface area contributed by atoms with Crippen LogP contribution < -0.4 is 5.73 Å². The Kier molecular flexibility index (Phi) is 1.38. The minimum atomic E-state index is -0.225. The standard InChI is InChI=1S/C8H15N3/c1-7(2)5(9)11-6(10)8(7,3)4/h1-4H3,(H3,9,10,11). The lowest BCUT2D eigenvalue weighted by atomic mass is 9.69. The summed E-state index contributed by atoms with van der Waals surface area (Å²) in [6.07, 6.45) is 0. The zero-order valence-electron chi connectivity index (χ0n) is 7.52. The molecule has 0 saturated heterocycles. The van der Waals surface area contributed by atoms with Crippen molar-refractivity contribution in [3.05, 3.63) is 0 Å². The molecule has 1 heterocycles. The molecule has 0 aromatic carbocycles. The van der Waals surface area contributed by atoms with Gasteiger partial charge in [-0.25, -0.2) is 4.99 Å². The van der Waals surface area contributed by atoms with Gasteiger partial charge in [-0.05, 0) is 0 Å². The summed E-state index contributed by atoms with van der Waals surface area (Å²) >= 11 is 0. The second-order valence-corrected chi connectivity index (χ2v) is 4.10. The highest BCUT2D eigenvalue weighted by molar-refractivity contribution is 6.08. The van der Waals surface area contributed by atoms with Crippen molar-refractivity contribution in [1.29, 1.82) is 5.41 Å². The molecule has 11 heavy (non-hydrogen) atoms. The Morgan fingerprint density at radius 3 is 1.73 bits per heavy atom. The van der Waals surface area contributed by atoms with E-state index in [0.29, 0.717) is 11.7 Å². The molecule has 3 nitrogen and oxygen atoms in total. The maximum absolute atomic E-state index is 7.57.